The molecule has 1 aromatic rings. The summed E-state index contributed by atoms with van der Waals surface area (Å²) >= 11 is 0. The quantitative estimate of drug-likeness (QED) is 0.790. The van der Waals surface area contributed by atoms with Crippen LogP contribution in [0.15, 0.2) is 30.3 Å². The number of benzene rings is 1. The highest BCUT2D eigenvalue weighted by molar-refractivity contribution is 5.95. The molecule has 3 aliphatic rings. The molecule has 0 spiro atoms. The molecule has 0 radical (unpaired) electrons. The highest BCUT2D eigenvalue weighted by Gasteiger charge is 2.62. The number of rotatable bonds is 1. The van der Waals surface area contributed by atoms with E-state index in [0.29, 0.717) is 17.9 Å². The van der Waals surface area contributed by atoms with E-state index in [2.05, 4.69) is 41.3 Å². The number of nitrogens with one attached hydrogen (secondary N) is 1. The van der Waals surface area contributed by atoms with Crippen molar-refractivity contribution in [3.63, 3.8) is 0 Å². The first-order valence-corrected chi connectivity index (χ1v) is 8.24. The monoisotopic (exact) mass is 285 g/mol. The zero-order chi connectivity index (χ0) is 15.0. The van der Waals surface area contributed by atoms with Crippen molar-refractivity contribution in [3.8, 4) is 0 Å². The van der Waals surface area contributed by atoms with Gasteiger partial charge in [0, 0.05) is 18.4 Å². The minimum Gasteiger partial charge on any atom is -0.269 e. The highest BCUT2D eigenvalue weighted by atomic mass is 16.2. The molecule has 2 unspecified atom stereocenters. The predicted molar refractivity (Wildman–Crippen MR) is 84.1 cm³/mol. The molecule has 1 aliphatic heterocycles. The second-order valence-electron chi connectivity index (χ2n) is 6.15. The van der Waals surface area contributed by atoms with E-state index in [9.17, 15) is 4.79 Å². The molecule has 1 amide bonds. The van der Waals surface area contributed by atoms with E-state index in [4.69, 9.17) is 0 Å². The number of nitrogens with zero attached hydrogens (tertiary/aromatic N) is 1. The Bertz CT molecular complexity index is 564. The van der Waals surface area contributed by atoms with Crippen molar-refractivity contribution in [2.45, 2.75) is 46.1 Å². The van der Waals surface area contributed by atoms with Crippen molar-refractivity contribution in [2.75, 3.05) is 0 Å². The van der Waals surface area contributed by atoms with Crippen molar-refractivity contribution in [1.29, 1.82) is 0 Å². The van der Waals surface area contributed by atoms with Gasteiger partial charge in [0.25, 0.3) is 5.91 Å². The Balaban J connectivity index is 0.000000636. The lowest BCUT2D eigenvalue weighted by Crippen LogP contribution is -2.37. The fourth-order valence-electron chi connectivity index (χ4n) is 4.40. The molecule has 1 aromatic carbocycles. The summed E-state index contributed by atoms with van der Waals surface area (Å²) in [6.45, 7) is 6.12. The Hall–Kier alpha value is -1.64. The third-order valence-electron chi connectivity index (χ3n) is 5.26. The first-order chi connectivity index (χ1) is 10.3. The smallest absolute Gasteiger partial charge is 0.269 e. The Kier molecular flexibility index (Phi) is 3.83. The maximum absolute atomic E-state index is 12.2. The van der Waals surface area contributed by atoms with Crippen LogP contribution in [0.2, 0.25) is 0 Å². The van der Waals surface area contributed by atoms with Gasteiger partial charge in [0.15, 0.2) is 6.04 Å². The fraction of sp³-hybridized carbons (Fsp3) is 0.556. The third kappa shape index (κ3) is 2.19. The van der Waals surface area contributed by atoms with Gasteiger partial charge in [-0.2, -0.15) is 0 Å². The summed E-state index contributed by atoms with van der Waals surface area (Å²) in [5.41, 5.74) is 5.49. The number of hydrogen-bond donors (Lipinski definition) is 1. The average Bonchev–Trinajstić information content (AvgIpc) is 3.23. The van der Waals surface area contributed by atoms with Crippen LogP contribution in [0.25, 0.3) is 0 Å². The van der Waals surface area contributed by atoms with E-state index < -0.39 is 0 Å². The topological polar surface area (TPSA) is 32.1 Å². The van der Waals surface area contributed by atoms with Crippen LogP contribution in [0.4, 0.5) is 0 Å². The molecule has 112 valence electrons. The van der Waals surface area contributed by atoms with Gasteiger partial charge >= 0.3 is 0 Å². The minimum atomic E-state index is 0.234. The van der Waals surface area contributed by atoms with E-state index in [-0.39, 0.29) is 11.8 Å². The predicted octanol–water partition coefficient (Wildman–Crippen LogP) is 2.99. The zero-order valence-electron chi connectivity index (χ0n) is 13.2. The summed E-state index contributed by atoms with van der Waals surface area (Å²) in [6.07, 6.45) is 3.79. The van der Waals surface area contributed by atoms with E-state index in [1.807, 2.05) is 19.9 Å². The summed E-state index contributed by atoms with van der Waals surface area (Å²) in [5, 5.41) is 0. The lowest BCUT2D eigenvalue weighted by molar-refractivity contribution is -0.602. The molecule has 3 heteroatoms. The number of carbonyl (C=O) groups excluding carboxylic acids is 1. The van der Waals surface area contributed by atoms with Crippen LogP contribution in [-0.2, 0) is 4.79 Å². The lowest BCUT2D eigenvalue weighted by Gasteiger charge is -2.17. The van der Waals surface area contributed by atoms with Crippen LogP contribution in [0.1, 0.15) is 45.6 Å². The van der Waals surface area contributed by atoms with Crippen LogP contribution in [0, 0.1) is 17.8 Å². The van der Waals surface area contributed by atoms with Gasteiger partial charge < -0.3 is 0 Å². The molecule has 1 saturated heterocycles. The maximum atomic E-state index is 12.2. The van der Waals surface area contributed by atoms with Crippen LogP contribution in [0.5, 0.6) is 0 Å². The van der Waals surface area contributed by atoms with Gasteiger partial charge in [0.05, 0.1) is 0 Å². The molecule has 2 aliphatic carbocycles. The van der Waals surface area contributed by atoms with Crippen molar-refractivity contribution < 1.29 is 9.48 Å². The average molecular weight is 285 g/mol. The SMILES string of the molecule is C/C(c1ccccc1)=[N+]1/NC(=O)C2C1[C@H]1CC[C@@H]2C1.CC. The highest BCUT2D eigenvalue weighted by Crippen LogP contribution is 2.51. The summed E-state index contributed by atoms with van der Waals surface area (Å²) in [5.74, 6) is 1.81. The largest absolute Gasteiger partial charge is 0.284 e. The van der Waals surface area contributed by atoms with Gasteiger partial charge in [-0.25, -0.2) is 0 Å². The molecule has 3 nitrogen and oxygen atoms in total. The van der Waals surface area contributed by atoms with Crippen LogP contribution in [0.3, 0.4) is 0 Å². The summed E-state index contributed by atoms with van der Waals surface area (Å²) < 4.78 is 2.16. The van der Waals surface area contributed by atoms with Crippen molar-refractivity contribution in [1.82, 2.24) is 5.43 Å². The van der Waals surface area contributed by atoms with Gasteiger partial charge in [0.1, 0.15) is 5.92 Å². The summed E-state index contributed by atoms with van der Waals surface area (Å²) in [6, 6.07) is 10.7. The Labute approximate surface area is 127 Å². The molecule has 1 N–H and O–H groups in total. The standard InChI is InChI=1S/C16H18N2O.C2H6/c1-10(11-5-3-2-4-6-11)18-15-13-8-7-12(9-13)14(15)16(19)17-18;1-2/h2-6,12-15H,7-9H2,1H3;1-2H3/p+1/b18-10-;/t12-,13+,14?,15?;/m1./s1. The molecule has 1 heterocycles. The number of hydrazine groups is 1. The molecule has 4 rings (SSSR count). The Morgan fingerprint density at radius 1 is 1.14 bits per heavy atom. The molecule has 2 bridgehead atoms. The van der Waals surface area contributed by atoms with E-state index in [1.54, 1.807) is 0 Å². The van der Waals surface area contributed by atoms with Crippen molar-refractivity contribution in [2.24, 2.45) is 17.8 Å². The van der Waals surface area contributed by atoms with Gasteiger partial charge in [-0.05, 0) is 37.3 Å². The second-order valence-corrected chi connectivity index (χ2v) is 6.15. The normalized spacial score (nSPS) is 34.9. The zero-order valence-corrected chi connectivity index (χ0v) is 13.2. The Morgan fingerprint density at radius 2 is 1.81 bits per heavy atom. The minimum absolute atomic E-state index is 0.234. The van der Waals surface area contributed by atoms with Crippen LogP contribution in [-0.4, -0.2) is 22.3 Å². The van der Waals surface area contributed by atoms with Crippen molar-refractivity contribution in [3.05, 3.63) is 35.9 Å². The molecule has 3 fully saturated rings. The molecule has 2 saturated carbocycles. The number of carbonyl (C=O) groups is 1. The molecular formula is C18H25N2O+. The number of amides is 1. The number of hydrogen-bond acceptors (Lipinski definition) is 1. The number of fused-ring (bicyclic) bond motifs is 5. The first kappa shape index (κ1) is 14.3. The maximum Gasteiger partial charge on any atom is 0.284 e. The van der Waals surface area contributed by atoms with Crippen LogP contribution < -0.4 is 5.43 Å². The lowest BCUT2D eigenvalue weighted by atomic mass is 9.85. The molecular weight excluding hydrogens is 260 g/mol. The summed E-state index contributed by atoms with van der Waals surface area (Å²) in [4.78, 5) is 12.2. The number of hydrazone groups is 1. The van der Waals surface area contributed by atoms with Gasteiger partial charge in [-0.3, -0.25) is 4.79 Å². The van der Waals surface area contributed by atoms with Gasteiger partial charge in [-0.15, -0.1) is 10.1 Å². The first-order valence-electron chi connectivity index (χ1n) is 8.24. The summed E-state index contributed by atoms with van der Waals surface area (Å²) in [7, 11) is 0. The van der Waals surface area contributed by atoms with E-state index in [1.165, 1.54) is 30.5 Å². The van der Waals surface area contributed by atoms with Crippen LogP contribution >= 0.6 is 0 Å². The molecule has 21 heavy (non-hydrogen) atoms. The fourth-order valence-corrected chi connectivity index (χ4v) is 4.40. The van der Waals surface area contributed by atoms with E-state index in [0.717, 1.165) is 0 Å². The Morgan fingerprint density at radius 3 is 2.52 bits per heavy atom. The van der Waals surface area contributed by atoms with E-state index >= 15 is 0 Å². The molecule has 4 atom stereocenters. The van der Waals surface area contributed by atoms with Gasteiger partial charge in [-0.1, -0.05) is 32.0 Å². The third-order valence-corrected chi connectivity index (χ3v) is 5.26. The van der Waals surface area contributed by atoms with Gasteiger partial charge in [0.2, 0.25) is 5.71 Å². The second kappa shape index (κ2) is 5.63. The molecule has 0 aromatic heterocycles. The van der Waals surface area contributed by atoms with Crippen molar-refractivity contribution >= 4 is 11.6 Å².